The van der Waals surface area contributed by atoms with Gasteiger partial charge < -0.3 is 10.6 Å². The number of carbonyl (C=O) groups is 1. The second-order valence-corrected chi connectivity index (χ2v) is 7.62. The Kier molecular flexibility index (Phi) is 6.71. The third-order valence-corrected chi connectivity index (χ3v) is 5.21. The first-order chi connectivity index (χ1) is 14.8. The molecule has 0 fully saturated rings. The Morgan fingerprint density at radius 3 is 2.35 bits per heavy atom. The molecule has 2 aromatic carbocycles. The zero-order chi connectivity index (χ0) is 22.5. The fourth-order valence-electron chi connectivity index (χ4n) is 3.42. The first-order valence-electron chi connectivity index (χ1n) is 9.94. The van der Waals surface area contributed by atoms with Gasteiger partial charge in [-0.3, -0.25) is 24.0 Å². The van der Waals surface area contributed by atoms with Crippen LogP contribution in [0, 0.1) is 6.92 Å². The van der Waals surface area contributed by atoms with Crippen molar-refractivity contribution in [2.24, 2.45) is 0 Å². The van der Waals surface area contributed by atoms with E-state index in [-0.39, 0.29) is 30.5 Å². The van der Waals surface area contributed by atoms with E-state index in [1.165, 1.54) is 16.5 Å². The highest BCUT2D eigenvalue weighted by Gasteiger charge is 2.22. The average molecular weight is 422 g/mol. The van der Waals surface area contributed by atoms with E-state index in [1.807, 2.05) is 73.5 Å². The van der Waals surface area contributed by atoms with Gasteiger partial charge in [0.25, 0.3) is 5.56 Å². The number of hydrogen-bond acceptors (Lipinski definition) is 5. The topological polar surface area (TPSA) is 104 Å². The summed E-state index contributed by atoms with van der Waals surface area (Å²) in [7, 11) is 3.32. The Morgan fingerprint density at radius 1 is 1.03 bits per heavy atom. The van der Waals surface area contributed by atoms with Crippen molar-refractivity contribution in [3.05, 3.63) is 92.1 Å². The van der Waals surface area contributed by atoms with Crippen molar-refractivity contribution in [1.82, 2.24) is 14.5 Å². The van der Waals surface area contributed by atoms with Crippen molar-refractivity contribution in [3.8, 4) is 0 Å². The van der Waals surface area contributed by atoms with E-state index in [1.54, 1.807) is 0 Å². The highest BCUT2D eigenvalue weighted by molar-refractivity contribution is 5.96. The summed E-state index contributed by atoms with van der Waals surface area (Å²) in [6, 6.07) is 17.2. The molecule has 3 N–H and O–H groups in total. The van der Waals surface area contributed by atoms with Crippen molar-refractivity contribution >= 4 is 17.4 Å². The zero-order valence-corrected chi connectivity index (χ0v) is 18.0. The maximum absolute atomic E-state index is 12.9. The van der Waals surface area contributed by atoms with Crippen molar-refractivity contribution < 1.29 is 4.79 Å². The van der Waals surface area contributed by atoms with Gasteiger partial charge in [0.05, 0.1) is 13.1 Å². The van der Waals surface area contributed by atoms with Crippen LogP contribution in [0.4, 0.5) is 11.5 Å². The molecule has 0 bridgehead atoms. The summed E-state index contributed by atoms with van der Waals surface area (Å²) in [6.07, 6.45) is 0. The molecule has 0 saturated heterocycles. The summed E-state index contributed by atoms with van der Waals surface area (Å²) in [5.74, 6) is -0.354. The van der Waals surface area contributed by atoms with E-state index < -0.39 is 11.2 Å². The lowest BCUT2D eigenvalue weighted by molar-refractivity contribution is -0.119. The van der Waals surface area contributed by atoms with Crippen LogP contribution in [0.2, 0.25) is 0 Å². The number of benzene rings is 2. The Bertz CT molecular complexity index is 1180. The third kappa shape index (κ3) is 5.10. The minimum absolute atomic E-state index is 0.0372. The van der Waals surface area contributed by atoms with Gasteiger partial charge in [0.2, 0.25) is 5.91 Å². The van der Waals surface area contributed by atoms with Crippen LogP contribution in [-0.4, -0.2) is 41.0 Å². The predicted molar refractivity (Wildman–Crippen MR) is 122 cm³/mol. The summed E-state index contributed by atoms with van der Waals surface area (Å²) in [5, 5.41) is 0. The molecule has 1 heterocycles. The number of nitrogens with two attached hydrogens (primary N) is 1. The minimum atomic E-state index is -0.691. The average Bonchev–Trinajstić information content (AvgIpc) is 2.73. The lowest BCUT2D eigenvalue weighted by Crippen LogP contribution is -2.42. The molecule has 8 heteroatoms. The smallest absolute Gasteiger partial charge is 0.330 e. The molecule has 0 aliphatic carbocycles. The van der Waals surface area contributed by atoms with Crippen LogP contribution >= 0.6 is 0 Å². The number of nitrogen functional groups attached to an aromatic ring is 1. The molecule has 3 aromatic rings. The lowest BCUT2D eigenvalue weighted by Gasteiger charge is -2.23. The number of aryl methyl sites for hydroxylation is 1. The second-order valence-electron chi connectivity index (χ2n) is 7.62. The first kappa shape index (κ1) is 22.0. The zero-order valence-electron chi connectivity index (χ0n) is 18.0. The number of nitrogens with zero attached hydrogens (tertiary/aromatic N) is 3. The standard InChI is InChI=1S/C23H27N5O3/c1-16-9-7-8-12-18(16)14-26(2)15-19(29)27(3)20-21(24)28(23(31)25-22(20)30)13-17-10-5-4-6-11-17/h4-12H,13-15,24H2,1-3H3,(H,25,30,31). The quantitative estimate of drug-likeness (QED) is 0.603. The highest BCUT2D eigenvalue weighted by Crippen LogP contribution is 2.17. The van der Waals surface area contributed by atoms with E-state index in [4.69, 9.17) is 5.73 Å². The summed E-state index contributed by atoms with van der Waals surface area (Å²) in [5.41, 5.74) is 7.95. The van der Waals surface area contributed by atoms with Crippen molar-refractivity contribution in [2.75, 3.05) is 31.3 Å². The Labute approximate surface area is 180 Å². The first-order valence-corrected chi connectivity index (χ1v) is 9.94. The molecule has 1 aromatic heterocycles. The molecule has 0 atom stereocenters. The monoisotopic (exact) mass is 421 g/mol. The van der Waals surface area contributed by atoms with Crippen LogP contribution in [0.5, 0.6) is 0 Å². The van der Waals surface area contributed by atoms with E-state index in [0.29, 0.717) is 6.54 Å². The highest BCUT2D eigenvalue weighted by atomic mass is 16.2. The minimum Gasteiger partial charge on any atom is -0.383 e. The number of anilines is 2. The van der Waals surface area contributed by atoms with Gasteiger partial charge in [0, 0.05) is 13.6 Å². The maximum Gasteiger partial charge on any atom is 0.330 e. The van der Waals surface area contributed by atoms with E-state index in [9.17, 15) is 14.4 Å². The van der Waals surface area contributed by atoms with Gasteiger partial charge in [-0.05, 0) is 30.7 Å². The number of amides is 1. The number of nitrogens with one attached hydrogen (secondary N) is 1. The summed E-state index contributed by atoms with van der Waals surface area (Å²) < 4.78 is 1.26. The number of carbonyl (C=O) groups excluding carboxylic acids is 1. The molecule has 162 valence electrons. The van der Waals surface area contributed by atoms with Crippen molar-refractivity contribution in [3.63, 3.8) is 0 Å². The molecule has 0 aliphatic heterocycles. The second kappa shape index (κ2) is 9.44. The fraction of sp³-hybridized carbons (Fsp3) is 0.261. The van der Waals surface area contributed by atoms with E-state index >= 15 is 0 Å². The molecule has 0 unspecified atom stereocenters. The predicted octanol–water partition coefficient (Wildman–Crippen LogP) is 1.57. The molecule has 8 nitrogen and oxygen atoms in total. The Hall–Kier alpha value is -3.65. The third-order valence-electron chi connectivity index (χ3n) is 5.21. The SMILES string of the molecule is Cc1ccccc1CN(C)CC(=O)N(C)c1c(N)n(Cc2ccccc2)c(=O)[nH]c1=O. The molecule has 1 amide bonds. The molecule has 31 heavy (non-hydrogen) atoms. The Morgan fingerprint density at radius 2 is 1.68 bits per heavy atom. The van der Waals surface area contributed by atoms with Crippen LogP contribution < -0.4 is 21.9 Å². The van der Waals surface area contributed by atoms with Gasteiger partial charge in [0.1, 0.15) is 5.82 Å². The molecular weight excluding hydrogens is 394 g/mol. The number of aromatic amines is 1. The molecule has 0 aliphatic rings. The molecule has 0 saturated carbocycles. The summed E-state index contributed by atoms with van der Waals surface area (Å²) >= 11 is 0. The fourth-order valence-corrected chi connectivity index (χ4v) is 3.42. The lowest BCUT2D eigenvalue weighted by atomic mass is 10.1. The van der Waals surface area contributed by atoms with Gasteiger partial charge >= 0.3 is 5.69 Å². The van der Waals surface area contributed by atoms with Crippen LogP contribution in [0.15, 0.2) is 64.2 Å². The van der Waals surface area contributed by atoms with Crippen LogP contribution in [-0.2, 0) is 17.9 Å². The molecule has 3 rings (SSSR count). The van der Waals surface area contributed by atoms with Crippen molar-refractivity contribution in [1.29, 1.82) is 0 Å². The van der Waals surface area contributed by atoms with Gasteiger partial charge in [0.15, 0.2) is 5.69 Å². The van der Waals surface area contributed by atoms with Gasteiger partial charge in [-0.15, -0.1) is 0 Å². The number of likely N-dealkylation sites (N-methyl/N-ethyl adjacent to an activating group) is 2. The largest absolute Gasteiger partial charge is 0.383 e. The summed E-state index contributed by atoms with van der Waals surface area (Å²) in [4.78, 5) is 43.0. The Balaban J connectivity index is 1.81. The maximum atomic E-state index is 12.9. The molecular formula is C23H27N5O3. The normalized spacial score (nSPS) is 11.0. The number of H-pyrrole nitrogens is 1. The van der Waals surface area contributed by atoms with Crippen LogP contribution in [0.3, 0.4) is 0 Å². The van der Waals surface area contributed by atoms with E-state index in [2.05, 4.69) is 4.98 Å². The van der Waals surface area contributed by atoms with Gasteiger partial charge in [-0.2, -0.15) is 0 Å². The summed E-state index contributed by atoms with van der Waals surface area (Å²) in [6.45, 7) is 2.88. The van der Waals surface area contributed by atoms with E-state index in [0.717, 1.165) is 16.7 Å². The number of hydrogen-bond donors (Lipinski definition) is 2. The van der Waals surface area contributed by atoms with Gasteiger partial charge in [-0.25, -0.2) is 4.79 Å². The molecule has 0 spiro atoms. The van der Waals surface area contributed by atoms with Crippen LogP contribution in [0.25, 0.3) is 0 Å². The van der Waals surface area contributed by atoms with Gasteiger partial charge in [-0.1, -0.05) is 54.6 Å². The van der Waals surface area contributed by atoms with Crippen LogP contribution in [0.1, 0.15) is 16.7 Å². The molecule has 0 radical (unpaired) electrons. The van der Waals surface area contributed by atoms with Crippen molar-refractivity contribution in [2.45, 2.75) is 20.0 Å². The number of aromatic nitrogens is 2. The number of rotatable bonds is 7.